The predicted molar refractivity (Wildman–Crippen MR) is 68.8 cm³/mol. The maximum absolute atomic E-state index is 11.7. The van der Waals surface area contributed by atoms with Gasteiger partial charge >= 0.3 is 12.0 Å². The summed E-state index contributed by atoms with van der Waals surface area (Å²) in [6, 6.07) is 2.49. The lowest BCUT2D eigenvalue weighted by molar-refractivity contribution is -0.0852. The van der Waals surface area contributed by atoms with Crippen LogP contribution in [0, 0.1) is 0 Å². The highest BCUT2D eigenvalue weighted by Crippen LogP contribution is 2.11. The molecular weight excluding hydrogens is 266 g/mol. The molecule has 1 saturated heterocycles. The third-order valence-electron chi connectivity index (χ3n) is 2.63. The molecule has 1 aliphatic heterocycles. The molecule has 2 rings (SSSR count). The lowest BCUT2D eigenvalue weighted by atomic mass is 10.3. The number of carboxylic acid groups (broad SMARTS) is 1. The van der Waals surface area contributed by atoms with E-state index >= 15 is 0 Å². The van der Waals surface area contributed by atoms with Crippen LogP contribution in [-0.2, 0) is 9.47 Å². The van der Waals surface area contributed by atoms with Gasteiger partial charge in [-0.15, -0.1) is 0 Å². The predicted octanol–water partition coefficient (Wildman–Crippen LogP) is 0.317. The lowest BCUT2D eigenvalue weighted by Gasteiger charge is -2.23. The van der Waals surface area contributed by atoms with Gasteiger partial charge in [-0.3, -0.25) is 0 Å². The molecule has 0 spiro atoms. The van der Waals surface area contributed by atoms with Crippen LogP contribution in [0.2, 0.25) is 0 Å². The zero-order valence-electron chi connectivity index (χ0n) is 10.7. The highest BCUT2D eigenvalue weighted by molar-refractivity contribution is 5.98. The Hall–Kier alpha value is -2.19. The number of aromatic nitrogens is 1. The first-order valence-corrected chi connectivity index (χ1v) is 6.09. The van der Waals surface area contributed by atoms with Crippen molar-refractivity contribution in [2.24, 2.45) is 0 Å². The lowest BCUT2D eigenvalue weighted by Crippen LogP contribution is -2.41. The number of urea groups is 1. The monoisotopic (exact) mass is 281 g/mol. The summed E-state index contributed by atoms with van der Waals surface area (Å²) in [5.41, 5.74) is -0.0711. The third-order valence-corrected chi connectivity index (χ3v) is 2.63. The number of amides is 2. The third kappa shape index (κ3) is 3.90. The van der Waals surface area contributed by atoms with Crippen molar-refractivity contribution in [2.45, 2.75) is 6.10 Å². The number of rotatable bonds is 4. The average Bonchev–Trinajstić information content (AvgIpc) is 2.46. The molecule has 0 aliphatic carbocycles. The molecular formula is C12H15N3O5. The van der Waals surface area contributed by atoms with Gasteiger partial charge in [0.05, 0.1) is 31.6 Å². The molecule has 1 aromatic rings. The molecule has 1 unspecified atom stereocenters. The molecule has 3 N–H and O–H groups in total. The Bertz CT molecular complexity index is 488. The SMILES string of the molecule is O=C(NCC1COCCO1)Nc1cccnc1C(=O)O. The first-order chi connectivity index (χ1) is 9.66. The first-order valence-electron chi connectivity index (χ1n) is 6.09. The normalized spacial score (nSPS) is 18.3. The van der Waals surface area contributed by atoms with E-state index in [0.29, 0.717) is 19.8 Å². The summed E-state index contributed by atoms with van der Waals surface area (Å²) in [5, 5.41) is 14.0. The Morgan fingerprint density at radius 3 is 3.00 bits per heavy atom. The van der Waals surface area contributed by atoms with Gasteiger partial charge in [-0.2, -0.15) is 0 Å². The number of hydrogen-bond acceptors (Lipinski definition) is 5. The van der Waals surface area contributed by atoms with E-state index in [0.717, 1.165) is 0 Å². The topological polar surface area (TPSA) is 110 Å². The molecule has 2 amide bonds. The number of carbonyl (C=O) groups excluding carboxylic acids is 1. The quantitative estimate of drug-likeness (QED) is 0.733. The number of anilines is 1. The molecule has 0 saturated carbocycles. The maximum atomic E-state index is 11.7. The van der Waals surface area contributed by atoms with Crippen LogP contribution in [0.4, 0.5) is 10.5 Å². The standard InChI is InChI=1S/C12H15N3O5/c16-11(17)10-9(2-1-3-13-10)15-12(18)14-6-8-7-19-4-5-20-8/h1-3,8H,4-7H2,(H,16,17)(H2,14,15,18). The number of nitrogens with one attached hydrogen (secondary N) is 2. The summed E-state index contributed by atoms with van der Waals surface area (Å²) in [6.07, 6.45) is 1.15. The second kappa shape index (κ2) is 6.83. The van der Waals surface area contributed by atoms with Crippen molar-refractivity contribution in [2.75, 3.05) is 31.7 Å². The molecule has 20 heavy (non-hydrogen) atoms. The van der Waals surface area contributed by atoms with Crippen LogP contribution in [-0.4, -0.2) is 54.6 Å². The van der Waals surface area contributed by atoms with Gasteiger partial charge in [-0.1, -0.05) is 0 Å². The van der Waals surface area contributed by atoms with E-state index in [2.05, 4.69) is 15.6 Å². The summed E-state index contributed by atoms with van der Waals surface area (Å²) in [5.74, 6) is -1.20. The molecule has 2 heterocycles. The van der Waals surface area contributed by atoms with Crippen LogP contribution in [0.3, 0.4) is 0 Å². The molecule has 0 radical (unpaired) electrons. The van der Waals surface area contributed by atoms with E-state index in [1.165, 1.54) is 12.3 Å². The minimum absolute atomic E-state index is 0.137. The van der Waals surface area contributed by atoms with E-state index in [9.17, 15) is 9.59 Å². The van der Waals surface area contributed by atoms with Crippen LogP contribution in [0.5, 0.6) is 0 Å². The Morgan fingerprint density at radius 2 is 2.30 bits per heavy atom. The van der Waals surface area contributed by atoms with E-state index < -0.39 is 12.0 Å². The van der Waals surface area contributed by atoms with Gasteiger partial charge in [0.2, 0.25) is 0 Å². The molecule has 8 heteroatoms. The Kier molecular flexibility index (Phi) is 4.85. The van der Waals surface area contributed by atoms with Crippen molar-refractivity contribution in [3.05, 3.63) is 24.0 Å². The zero-order valence-corrected chi connectivity index (χ0v) is 10.7. The minimum Gasteiger partial charge on any atom is -0.476 e. The number of ether oxygens (including phenoxy) is 2. The van der Waals surface area contributed by atoms with Crippen LogP contribution in [0.15, 0.2) is 18.3 Å². The fourth-order valence-electron chi connectivity index (χ4n) is 1.70. The van der Waals surface area contributed by atoms with Crippen molar-refractivity contribution >= 4 is 17.7 Å². The van der Waals surface area contributed by atoms with E-state index in [1.54, 1.807) is 6.07 Å². The van der Waals surface area contributed by atoms with Gasteiger partial charge < -0.3 is 25.2 Å². The van der Waals surface area contributed by atoms with Gasteiger partial charge in [0.1, 0.15) is 0 Å². The molecule has 1 fully saturated rings. The summed E-state index contributed by atoms with van der Waals surface area (Å²) in [6.45, 7) is 1.77. The minimum atomic E-state index is -1.20. The zero-order chi connectivity index (χ0) is 14.4. The second-order valence-corrected chi connectivity index (χ2v) is 4.11. The molecule has 0 aromatic carbocycles. The fourth-order valence-corrected chi connectivity index (χ4v) is 1.70. The van der Waals surface area contributed by atoms with Crippen LogP contribution < -0.4 is 10.6 Å². The number of nitrogens with zero attached hydrogens (tertiary/aromatic N) is 1. The number of aromatic carboxylic acids is 1. The smallest absolute Gasteiger partial charge is 0.356 e. The molecule has 1 aliphatic rings. The molecule has 0 bridgehead atoms. The van der Waals surface area contributed by atoms with Crippen molar-refractivity contribution in [3.8, 4) is 0 Å². The first kappa shape index (κ1) is 14.2. The second-order valence-electron chi connectivity index (χ2n) is 4.11. The molecule has 1 atom stereocenters. The van der Waals surface area contributed by atoms with Crippen LogP contribution in [0.25, 0.3) is 0 Å². The number of carbonyl (C=O) groups is 2. The Balaban J connectivity index is 1.86. The number of hydrogen-bond donors (Lipinski definition) is 3. The summed E-state index contributed by atoms with van der Waals surface area (Å²) < 4.78 is 10.6. The summed E-state index contributed by atoms with van der Waals surface area (Å²) in [7, 11) is 0. The number of pyridine rings is 1. The van der Waals surface area contributed by atoms with Gasteiger partial charge in [-0.25, -0.2) is 14.6 Å². The van der Waals surface area contributed by atoms with Crippen molar-refractivity contribution < 1.29 is 24.2 Å². The fraction of sp³-hybridized carbons (Fsp3) is 0.417. The van der Waals surface area contributed by atoms with E-state index in [-0.39, 0.29) is 24.0 Å². The highest BCUT2D eigenvalue weighted by atomic mass is 16.6. The highest BCUT2D eigenvalue weighted by Gasteiger charge is 2.17. The van der Waals surface area contributed by atoms with Crippen molar-refractivity contribution in [3.63, 3.8) is 0 Å². The summed E-state index contributed by atoms with van der Waals surface area (Å²) in [4.78, 5) is 26.3. The van der Waals surface area contributed by atoms with E-state index in [1.807, 2.05) is 0 Å². The Morgan fingerprint density at radius 1 is 1.45 bits per heavy atom. The summed E-state index contributed by atoms with van der Waals surface area (Å²) >= 11 is 0. The van der Waals surface area contributed by atoms with Crippen molar-refractivity contribution in [1.82, 2.24) is 10.3 Å². The molecule has 8 nitrogen and oxygen atoms in total. The molecule has 1 aromatic heterocycles. The van der Waals surface area contributed by atoms with Gasteiger partial charge in [-0.05, 0) is 12.1 Å². The van der Waals surface area contributed by atoms with E-state index in [4.69, 9.17) is 14.6 Å². The van der Waals surface area contributed by atoms with Gasteiger partial charge in [0, 0.05) is 12.7 Å². The average molecular weight is 281 g/mol. The van der Waals surface area contributed by atoms with Crippen LogP contribution >= 0.6 is 0 Å². The largest absolute Gasteiger partial charge is 0.476 e. The van der Waals surface area contributed by atoms with Gasteiger partial charge in [0.25, 0.3) is 0 Å². The van der Waals surface area contributed by atoms with Gasteiger partial charge in [0.15, 0.2) is 5.69 Å². The van der Waals surface area contributed by atoms with Crippen molar-refractivity contribution in [1.29, 1.82) is 0 Å². The Labute approximate surface area is 115 Å². The van der Waals surface area contributed by atoms with Crippen LogP contribution in [0.1, 0.15) is 10.5 Å². The maximum Gasteiger partial charge on any atom is 0.356 e. The number of carboxylic acids is 1. The molecule has 108 valence electrons.